The van der Waals surface area contributed by atoms with E-state index < -0.39 is 35.7 Å². The van der Waals surface area contributed by atoms with Crippen LogP contribution in [0.5, 0.6) is 0 Å². The highest BCUT2D eigenvalue weighted by Gasteiger charge is 2.32. The van der Waals surface area contributed by atoms with Crippen molar-refractivity contribution < 1.29 is 28.3 Å². The Morgan fingerprint density at radius 2 is 1.94 bits per heavy atom. The zero-order valence-corrected chi connectivity index (χ0v) is 19.4. The molecule has 10 heteroatoms. The molecule has 0 heterocycles. The monoisotopic (exact) mass is 481 g/mol. The van der Waals surface area contributed by atoms with E-state index in [0.29, 0.717) is 18.9 Å². The molecule has 0 aromatic heterocycles. The van der Waals surface area contributed by atoms with E-state index in [0.717, 1.165) is 25.0 Å². The molecule has 1 aromatic carbocycles. The van der Waals surface area contributed by atoms with Gasteiger partial charge in [0.2, 0.25) is 17.7 Å². The largest absolute Gasteiger partial charge is 0.467 e. The first kappa shape index (κ1) is 26.3. The van der Waals surface area contributed by atoms with Crippen molar-refractivity contribution in [1.82, 2.24) is 16.0 Å². The van der Waals surface area contributed by atoms with Gasteiger partial charge < -0.3 is 20.7 Å². The first-order valence-corrected chi connectivity index (χ1v) is 11.2. The average Bonchev–Trinajstić information content (AvgIpc) is 3.59. The zero-order valence-electron chi connectivity index (χ0n) is 18.7. The van der Waals surface area contributed by atoms with Crippen molar-refractivity contribution in [2.24, 2.45) is 5.92 Å². The Kier molecular flexibility index (Phi) is 10.3. The Bertz CT molecular complexity index is 904. The van der Waals surface area contributed by atoms with Gasteiger partial charge in [-0.15, -0.1) is 0 Å². The van der Waals surface area contributed by atoms with Gasteiger partial charge >= 0.3 is 5.97 Å². The van der Waals surface area contributed by atoms with E-state index in [1.54, 1.807) is 6.92 Å². The molecule has 33 heavy (non-hydrogen) atoms. The van der Waals surface area contributed by atoms with Crippen molar-refractivity contribution in [1.29, 1.82) is 0 Å². The molecule has 0 unspecified atom stereocenters. The molecule has 3 N–H and O–H groups in total. The van der Waals surface area contributed by atoms with Crippen molar-refractivity contribution in [2.45, 2.75) is 51.1 Å². The fraction of sp³-hybridized carbons (Fsp3) is 0.478. The van der Waals surface area contributed by atoms with Crippen LogP contribution < -0.4 is 16.0 Å². The highest BCUT2D eigenvalue weighted by molar-refractivity contribution is 6.30. The van der Waals surface area contributed by atoms with Gasteiger partial charge in [0.1, 0.15) is 17.9 Å². The normalized spacial score (nSPS) is 14.9. The Morgan fingerprint density at radius 1 is 1.21 bits per heavy atom. The number of carbonyl (C=O) groups is 4. The van der Waals surface area contributed by atoms with Crippen molar-refractivity contribution >= 4 is 41.4 Å². The molecule has 1 saturated carbocycles. The number of esters is 1. The van der Waals surface area contributed by atoms with Crippen LogP contribution >= 0.6 is 11.6 Å². The number of hydrogen-bond acceptors (Lipinski definition) is 5. The molecular weight excluding hydrogens is 453 g/mol. The van der Waals surface area contributed by atoms with Gasteiger partial charge in [-0.25, -0.2) is 9.18 Å². The van der Waals surface area contributed by atoms with Crippen molar-refractivity contribution in [3.63, 3.8) is 0 Å². The van der Waals surface area contributed by atoms with Gasteiger partial charge in [0, 0.05) is 29.6 Å². The van der Waals surface area contributed by atoms with E-state index in [-0.39, 0.29) is 29.3 Å². The van der Waals surface area contributed by atoms with Crippen LogP contribution in [0.4, 0.5) is 4.39 Å². The second-order valence-corrected chi connectivity index (χ2v) is 8.25. The second-order valence-electron chi connectivity index (χ2n) is 7.82. The van der Waals surface area contributed by atoms with E-state index in [9.17, 15) is 23.6 Å². The number of benzene rings is 1. The number of methoxy groups -OCH3 is 1. The summed E-state index contributed by atoms with van der Waals surface area (Å²) in [5.41, 5.74) is 0.175. The minimum Gasteiger partial charge on any atom is -0.467 e. The molecule has 2 atom stereocenters. The maximum atomic E-state index is 13.9. The zero-order chi connectivity index (χ0) is 24.4. The summed E-state index contributed by atoms with van der Waals surface area (Å²) in [7, 11) is 1.19. The second kappa shape index (κ2) is 12.9. The molecule has 1 aliphatic carbocycles. The lowest BCUT2D eigenvalue weighted by atomic mass is 10.1. The third-order valence-electron chi connectivity index (χ3n) is 5.11. The van der Waals surface area contributed by atoms with E-state index in [2.05, 4.69) is 16.0 Å². The van der Waals surface area contributed by atoms with E-state index in [4.69, 9.17) is 16.3 Å². The quantitative estimate of drug-likeness (QED) is 0.313. The van der Waals surface area contributed by atoms with E-state index in [1.807, 2.05) is 0 Å². The van der Waals surface area contributed by atoms with Gasteiger partial charge in [0.15, 0.2) is 0 Å². The molecule has 1 fully saturated rings. The van der Waals surface area contributed by atoms with Gasteiger partial charge in [0.05, 0.1) is 7.11 Å². The van der Waals surface area contributed by atoms with Gasteiger partial charge in [-0.05, 0) is 43.9 Å². The minimum absolute atomic E-state index is 0.0307. The Hall–Kier alpha value is -2.94. The summed E-state index contributed by atoms with van der Waals surface area (Å²) in [6.45, 7) is 2.23. The number of amides is 3. The van der Waals surface area contributed by atoms with Crippen LogP contribution in [-0.2, 0) is 23.9 Å². The van der Waals surface area contributed by atoms with E-state index in [1.165, 1.54) is 25.3 Å². The topological polar surface area (TPSA) is 114 Å². The van der Waals surface area contributed by atoms with Crippen LogP contribution in [0, 0.1) is 11.7 Å². The van der Waals surface area contributed by atoms with Gasteiger partial charge in [0.25, 0.3) is 0 Å². The molecule has 180 valence electrons. The predicted octanol–water partition coefficient (Wildman–Crippen LogP) is 2.35. The SMILES string of the molecule is CCNC(=O)CC[C@H](NC(=O)[C@H](CC1CC1)NC(=O)/C=C/c1ccc(Cl)cc1F)C(=O)OC. The number of hydrogen-bond donors (Lipinski definition) is 3. The summed E-state index contributed by atoms with van der Waals surface area (Å²) >= 11 is 5.72. The summed E-state index contributed by atoms with van der Waals surface area (Å²) in [6, 6.07) is 2.16. The Morgan fingerprint density at radius 3 is 2.55 bits per heavy atom. The summed E-state index contributed by atoms with van der Waals surface area (Å²) < 4.78 is 18.6. The molecule has 0 radical (unpaired) electrons. The molecule has 1 aliphatic rings. The lowest BCUT2D eigenvalue weighted by Crippen LogP contribution is -2.52. The Balaban J connectivity index is 2.02. The summed E-state index contributed by atoms with van der Waals surface area (Å²) in [5.74, 6) is -2.34. The van der Waals surface area contributed by atoms with E-state index >= 15 is 0 Å². The molecule has 0 saturated heterocycles. The molecule has 0 bridgehead atoms. The number of rotatable bonds is 12. The lowest BCUT2D eigenvalue weighted by Gasteiger charge is -2.22. The number of halogens is 2. The number of nitrogens with one attached hydrogen (secondary N) is 3. The van der Waals surface area contributed by atoms with Gasteiger partial charge in [-0.3, -0.25) is 14.4 Å². The van der Waals surface area contributed by atoms with Crippen molar-refractivity contribution in [3.05, 3.63) is 40.7 Å². The van der Waals surface area contributed by atoms with Crippen LogP contribution in [0.2, 0.25) is 5.02 Å². The molecule has 8 nitrogen and oxygen atoms in total. The average molecular weight is 482 g/mol. The van der Waals surface area contributed by atoms with Crippen LogP contribution in [0.1, 0.15) is 44.6 Å². The van der Waals surface area contributed by atoms with Crippen molar-refractivity contribution in [2.75, 3.05) is 13.7 Å². The third-order valence-corrected chi connectivity index (χ3v) is 5.35. The first-order valence-electron chi connectivity index (χ1n) is 10.8. The minimum atomic E-state index is -1.03. The highest BCUT2D eigenvalue weighted by atomic mass is 35.5. The Labute approximate surface area is 197 Å². The maximum absolute atomic E-state index is 13.9. The van der Waals surface area contributed by atoms with Crippen LogP contribution in [0.3, 0.4) is 0 Å². The van der Waals surface area contributed by atoms with Crippen molar-refractivity contribution in [3.8, 4) is 0 Å². The number of ether oxygens (including phenoxy) is 1. The lowest BCUT2D eigenvalue weighted by molar-refractivity contribution is -0.145. The van der Waals surface area contributed by atoms with Crippen LogP contribution in [0.25, 0.3) is 6.08 Å². The standard InChI is InChI=1S/C23H29ClFN3O5/c1-3-26-20(29)11-9-18(23(32)33-2)28-22(31)19(12-14-4-5-14)27-21(30)10-7-15-6-8-16(24)13-17(15)25/h6-8,10,13-14,18-19H,3-5,9,11-12H2,1-2H3,(H,26,29)(H,27,30)(H,28,31)/b10-7+/t18-,19-/m0/s1. The predicted molar refractivity (Wildman–Crippen MR) is 122 cm³/mol. The van der Waals surface area contributed by atoms with Gasteiger partial charge in [-0.1, -0.05) is 30.5 Å². The summed E-state index contributed by atoms with van der Waals surface area (Å²) in [5, 5.41) is 8.07. The fourth-order valence-corrected chi connectivity index (χ4v) is 3.32. The maximum Gasteiger partial charge on any atom is 0.328 e. The fourth-order valence-electron chi connectivity index (χ4n) is 3.16. The molecule has 0 aliphatic heterocycles. The molecule has 1 aromatic rings. The molecule has 0 spiro atoms. The number of carbonyl (C=O) groups excluding carboxylic acids is 4. The summed E-state index contributed by atoms with van der Waals surface area (Å²) in [6.07, 6.45) is 4.81. The molecule has 2 rings (SSSR count). The van der Waals surface area contributed by atoms with Crippen LogP contribution in [-0.4, -0.2) is 49.4 Å². The third kappa shape index (κ3) is 9.21. The van der Waals surface area contributed by atoms with Crippen LogP contribution in [0.15, 0.2) is 24.3 Å². The molecular formula is C23H29ClFN3O5. The smallest absolute Gasteiger partial charge is 0.328 e. The summed E-state index contributed by atoms with van der Waals surface area (Å²) in [4.78, 5) is 49.1. The first-order chi connectivity index (χ1) is 15.7. The molecule has 3 amide bonds. The highest BCUT2D eigenvalue weighted by Crippen LogP contribution is 2.33. The van der Waals surface area contributed by atoms with Gasteiger partial charge in [-0.2, -0.15) is 0 Å².